The average Bonchev–Trinajstić information content (AvgIpc) is 3.86. The van der Waals surface area contributed by atoms with Gasteiger partial charge in [-0.05, 0) is 59.3 Å². The molecule has 4 nitrogen and oxygen atoms in total. The maximum atomic E-state index is 6.23. The number of aromatic nitrogens is 3. The van der Waals surface area contributed by atoms with Gasteiger partial charge in [0.05, 0.1) is 37.7 Å². The van der Waals surface area contributed by atoms with Crippen LogP contribution in [0.25, 0.3) is 97.4 Å². The number of hydrogen-bond donors (Lipinski definition) is 0. The molecular formula is C41H23N3OS. The number of thiazole rings is 1. The molecule has 5 heteroatoms. The first-order valence-corrected chi connectivity index (χ1v) is 16.3. The van der Waals surface area contributed by atoms with Crippen LogP contribution in [0.5, 0.6) is 0 Å². The van der Waals surface area contributed by atoms with E-state index in [4.69, 9.17) is 9.40 Å². The number of benzene rings is 7. The number of nitrogens with zero attached hydrogens (tertiary/aromatic N) is 3. The number of fused-ring (bicyclic) bond motifs is 13. The summed E-state index contributed by atoms with van der Waals surface area (Å²) in [5.41, 5.74) is 8.56. The van der Waals surface area contributed by atoms with Gasteiger partial charge in [0, 0.05) is 32.6 Å². The Bertz CT molecular complexity index is 2990. The van der Waals surface area contributed by atoms with Crippen LogP contribution in [0.1, 0.15) is 0 Å². The normalized spacial score (nSPS) is 12.3. The quantitative estimate of drug-likeness (QED) is 0.196. The number of para-hydroxylation sites is 3. The van der Waals surface area contributed by atoms with Crippen molar-refractivity contribution in [1.82, 2.24) is 14.1 Å². The Morgan fingerprint density at radius 2 is 1.20 bits per heavy atom. The zero-order valence-electron chi connectivity index (χ0n) is 24.4. The molecule has 0 radical (unpaired) electrons. The molecule has 0 bridgehead atoms. The van der Waals surface area contributed by atoms with Crippen molar-refractivity contribution in [3.05, 3.63) is 140 Å². The van der Waals surface area contributed by atoms with Crippen LogP contribution in [0.2, 0.25) is 0 Å². The van der Waals surface area contributed by atoms with Gasteiger partial charge in [-0.3, -0.25) is 4.57 Å². The predicted octanol–water partition coefficient (Wildman–Crippen LogP) is 11.5. The maximum Gasteiger partial charge on any atom is 0.195 e. The van der Waals surface area contributed by atoms with E-state index < -0.39 is 0 Å². The number of rotatable bonds is 2. The highest BCUT2D eigenvalue weighted by atomic mass is 32.1. The van der Waals surface area contributed by atoms with Gasteiger partial charge < -0.3 is 8.98 Å². The third-order valence-electron chi connectivity index (χ3n) is 9.56. The van der Waals surface area contributed by atoms with Gasteiger partial charge in [0.2, 0.25) is 0 Å². The Kier molecular flexibility index (Phi) is 4.69. The Hall–Kier alpha value is -5.91. The fourth-order valence-electron chi connectivity index (χ4n) is 7.61. The highest BCUT2D eigenvalue weighted by Gasteiger charge is 2.21. The van der Waals surface area contributed by atoms with E-state index >= 15 is 0 Å². The third kappa shape index (κ3) is 3.14. The van der Waals surface area contributed by atoms with Gasteiger partial charge in [0.25, 0.3) is 0 Å². The van der Waals surface area contributed by atoms with Gasteiger partial charge in [-0.1, -0.05) is 102 Å². The molecule has 0 saturated carbocycles. The van der Waals surface area contributed by atoms with Crippen molar-refractivity contribution < 1.29 is 4.42 Å². The summed E-state index contributed by atoms with van der Waals surface area (Å²) in [6.45, 7) is 0. The standard InChI is InChI=1S/C41H23N3OS/c1-2-10-26-24(9-1)17-20-33-38(26)29-19-18-25(43-31-14-6-3-11-27(31)28-12-4-7-15-32(28)43)23-34(29)44(33)41-42-40-37(46-41)22-21-36-39(40)30-13-5-8-16-35(30)45-36/h1-23H. The summed E-state index contributed by atoms with van der Waals surface area (Å²) in [5.74, 6) is 0. The van der Waals surface area contributed by atoms with Crippen LogP contribution in [0.4, 0.5) is 0 Å². The van der Waals surface area contributed by atoms with Gasteiger partial charge >= 0.3 is 0 Å². The number of furan rings is 1. The lowest BCUT2D eigenvalue weighted by atomic mass is 10.0. The summed E-state index contributed by atoms with van der Waals surface area (Å²) >= 11 is 1.73. The van der Waals surface area contributed by atoms with Gasteiger partial charge in [-0.25, -0.2) is 4.98 Å². The van der Waals surface area contributed by atoms with E-state index in [0.29, 0.717) is 0 Å². The summed E-state index contributed by atoms with van der Waals surface area (Å²) in [6, 6.07) is 49.9. The lowest BCUT2D eigenvalue weighted by Gasteiger charge is -2.09. The molecule has 4 heterocycles. The molecule has 4 aromatic heterocycles. The molecule has 214 valence electrons. The first-order valence-electron chi connectivity index (χ1n) is 15.5. The minimum atomic E-state index is 0.868. The van der Waals surface area contributed by atoms with Crippen molar-refractivity contribution in [2.24, 2.45) is 0 Å². The predicted molar refractivity (Wildman–Crippen MR) is 193 cm³/mol. The Balaban J connectivity index is 1.27. The van der Waals surface area contributed by atoms with E-state index in [1.165, 1.54) is 43.4 Å². The molecule has 0 N–H and O–H groups in total. The molecule has 11 aromatic rings. The molecule has 0 unspecified atom stereocenters. The second kappa shape index (κ2) is 8.84. The van der Waals surface area contributed by atoms with Crippen LogP contribution >= 0.6 is 11.3 Å². The van der Waals surface area contributed by atoms with Crippen LogP contribution in [0.15, 0.2) is 144 Å². The Morgan fingerprint density at radius 1 is 0.478 bits per heavy atom. The highest BCUT2D eigenvalue weighted by Crippen LogP contribution is 2.42. The lowest BCUT2D eigenvalue weighted by Crippen LogP contribution is -1.96. The summed E-state index contributed by atoms with van der Waals surface area (Å²) in [5, 5.41) is 10.6. The summed E-state index contributed by atoms with van der Waals surface area (Å²) in [4.78, 5) is 5.39. The lowest BCUT2D eigenvalue weighted by molar-refractivity contribution is 0.669. The molecule has 7 aromatic carbocycles. The molecule has 0 aliphatic carbocycles. The smallest absolute Gasteiger partial charge is 0.195 e. The zero-order chi connectivity index (χ0) is 29.9. The average molecular weight is 606 g/mol. The van der Waals surface area contributed by atoms with Gasteiger partial charge in [0.1, 0.15) is 11.2 Å². The van der Waals surface area contributed by atoms with Crippen molar-refractivity contribution in [2.45, 2.75) is 0 Å². The largest absolute Gasteiger partial charge is 0.456 e. The molecule has 0 aliphatic rings. The van der Waals surface area contributed by atoms with E-state index in [9.17, 15) is 0 Å². The van der Waals surface area contributed by atoms with Crippen LogP contribution in [0, 0.1) is 0 Å². The molecule has 0 saturated heterocycles. The molecular weight excluding hydrogens is 583 g/mol. The van der Waals surface area contributed by atoms with Crippen molar-refractivity contribution >= 4 is 97.9 Å². The minimum absolute atomic E-state index is 0.868. The second-order valence-electron chi connectivity index (χ2n) is 12.0. The fraction of sp³-hybridized carbons (Fsp3) is 0. The SMILES string of the molecule is c1ccc2c(c1)ccc1c2c2ccc(-n3c4ccccc4c4ccccc43)cc2n1-c1nc2c(ccc3oc4ccccc4c32)s1. The second-order valence-corrected chi connectivity index (χ2v) is 13.0. The summed E-state index contributed by atoms with van der Waals surface area (Å²) < 4.78 is 12.1. The van der Waals surface area contributed by atoms with Crippen LogP contribution in [0.3, 0.4) is 0 Å². The fourth-order valence-corrected chi connectivity index (χ4v) is 8.61. The Labute approximate surface area is 265 Å². The summed E-state index contributed by atoms with van der Waals surface area (Å²) in [7, 11) is 0. The molecule has 0 fully saturated rings. The van der Waals surface area contributed by atoms with Gasteiger partial charge in [-0.2, -0.15) is 0 Å². The highest BCUT2D eigenvalue weighted by molar-refractivity contribution is 7.21. The van der Waals surface area contributed by atoms with E-state index in [2.05, 4.69) is 137 Å². The molecule has 0 atom stereocenters. The molecule has 11 rings (SSSR count). The van der Waals surface area contributed by atoms with Crippen LogP contribution < -0.4 is 0 Å². The minimum Gasteiger partial charge on any atom is -0.456 e. The molecule has 0 spiro atoms. The molecule has 0 amide bonds. The maximum absolute atomic E-state index is 6.23. The first kappa shape index (κ1) is 24.4. The van der Waals surface area contributed by atoms with E-state index in [1.807, 2.05) is 12.1 Å². The van der Waals surface area contributed by atoms with Crippen molar-refractivity contribution in [1.29, 1.82) is 0 Å². The van der Waals surface area contributed by atoms with Crippen LogP contribution in [-0.4, -0.2) is 14.1 Å². The topological polar surface area (TPSA) is 35.9 Å². The van der Waals surface area contributed by atoms with Crippen molar-refractivity contribution in [3.63, 3.8) is 0 Å². The van der Waals surface area contributed by atoms with Gasteiger partial charge in [0.15, 0.2) is 5.13 Å². The Morgan fingerprint density at radius 3 is 2.02 bits per heavy atom. The van der Waals surface area contributed by atoms with Gasteiger partial charge in [-0.15, -0.1) is 0 Å². The zero-order valence-corrected chi connectivity index (χ0v) is 25.3. The molecule has 0 aliphatic heterocycles. The van der Waals surface area contributed by atoms with Crippen molar-refractivity contribution in [3.8, 4) is 10.8 Å². The number of hydrogen-bond acceptors (Lipinski definition) is 3. The van der Waals surface area contributed by atoms with Crippen molar-refractivity contribution in [2.75, 3.05) is 0 Å². The van der Waals surface area contributed by atoms with Crippen LogP contribution in [-0.2, 0) is 0 Å². The third-order valence-corrected chi connectivity index (χ3v) is 10.6. The van der Waals surface area contributed by atoms with E-state index in [1.54, 1.807) is 11.3 Å². The monoisotopic (exact) mass is 605 g/mol. The molecule has 46 heavy (non-hydrogen) atoms. The first-order chi connectivity index (χ1) is 22.8. The van der Waals surface area contributed by atoms with E-state index in [-0.39, 0.29) is 0 Å². The van der Waals surface area contributed by atoms with E-state index in [0.717, 1.165) is 54.0 Å². The summed E-state index contributed by atoms with van der Waals surface area (Å²) in [6.07, 6.45) is 0.